The molecule has 0 aliphatic rings. The van der Waals surface area contributed by atoms with Crippen LogP contribution in [0.5, 0.6) is 0 Å². The molecule has 1 aromatic heterocycles. The van der Waals surface area contributed by atoms with Gasteiger partial charge in [-0.2, -0.15) is 10.1 Å². The van der Waals surface area contributed by atoms with Gasteiger partial charge in [-0.05, 0) is 6.07 Å². The predicted molar refractivity (Wildman–Crippen MR) is 59.2 cm³/mol. The monoisotopic (exact) mass is 209 g/mol. The molecule has 0 bridgehead atoms. The van der Waals surface area contributed by atoms with Crippen molar-refractivity contribution in [2.24, 2.45) is 34.2 Å². The zero-order chi connectivity index (χ0) is 11.3. The Labute approximate surface area is 87.7 Å². The van der Waals surface area contributed by atoms with Gasteiger partial charge in [0.2, 0.25) is 5.96 Å². The topological polar surface area (TPSA) is 121 Å². The number of hydrogen-bond donors (Lipinski definition) is 3. The van der Waals surface area contributed by atoms with E-state index >= 15 is 0 Å². The number of aryl methyl sites for hydroxylation is 1. The van der Waals surface area contributed by atoms with Gasteiger partial charge < -0.3 is 17.2 Å². The number of nitrogens with zero attached hydrogens (tertiary/aromatic N) is 4. The van der Waals surface area contributed by atoms with Gasteiger partial charge in [-0.1, -0.05) is 0 Å². The van der Waals surface area contributed by atoms with Crippen LogP contribution in [0.4, 0.5) is 0 Å². The van der Waals surface area contributed by atoms with Gasteiger partial charge in [0.1, 0.15) is 0 Å². The van der Waals surface area contributed by atoms with E-state index in [4.69, 9.17) is 17.2 Å². The predicted octanol–water partition coefficient (Wildman–Crippen LogP) is -1.45. The van der Waals surface area contributed by atoms with Crippen LogP contribution in [0.15, 0.2) is 22.2 Å². The van der Waals surface area contributed by atoms with E-state index in [2.05, 4.69) is 15.1 Å². The van der Waals surface area contributed by atoms with Crippen molar-refractivity contribution in [1.29, 1.82) is 0 Å². The van der Waals surface area contributed by atoms with Crippen LogP contribution in [-0.2, 0) is 13.5 Å². The van der Waals surface area contributed by atoms with Crippen molar-refractivity contribution in [3.8, 4) is 0 Å². The third-order valence-electron chi connectivity index (χ3n) is 1.65. The highest BCUT2D eigenvalue weighted by Gasteiger charge is 1.95. The Morgan fingerprint density at radius 1 is 1.47 bits per heavy atom. The zero-order valence-corrected chi connectivity index (χ0v) is 8.59. The van der Waals surface area contributed by atoms with E-state index in [0.717, 1.165) is 5.69 Å². The lowest BCUT2D eigenvalue weighted by Gasteiger charge is -1.94. The summed E-state index contributed by atoms with van der Waals surface area (Å²) in [6, 6.07) is 1.92. The average molecular weight is 209 g/mol. The number of rotatable bonds is 3. The Morgan fingerprint density at radius 2 is 2.20 bits per heavy atom. The second-order valence-corrected chi connectivity index (χ2v) is 3.01. The summed E-state index contributed by atoms with van der Waals surface area (Å²) in [5, 5.41) is 4.19. The molecular formula is C8H15N7. The first-order valence-corrected chi connectivity index (χ1v) is 4.46. The Bertz CT molecular complexity index is 372. The van der Waals surface area contributed by atoms with E-state index in [1.807, 2.05) is 19.3 Å². The fourth-order valence-corrected chi connectivity index (χ4v) is 1.05. The second-order valence-electron chi connectivity index (χ2n) is 3.01. The number of hydrogen-bond acceptors (Lipinski definition) is 2. The molecule has 0 fully saturated rings. The quantitative estimate of drug-likeness (QED) is 0.416. The molecule has 0 atom stereocenters. The lowest BCUT2D eigenvalue weighted by molar-refractivity contribution is 0.739. The van der Waals surface area contributed by atoms with Crippen molar-refractivity contribution in [3.05, 3.63) is 18.0 Å². The summed E-state index contributed by atoms with van der Waals surface area (Å²) in [6.45, 7) is 0.514. The minimum absolute atomic E-state index is 0.0888. The first kappa shape index (κ1) is 11.0. The molecule has 1 aromatic rings. The van der Waals surface area contributed by atoms with Crippen LogP contribution in [0.2, 0.25) is 0 Å². The first-order chi connectivity index (χ1) is 7.08. The molecule has 0 saturated carbocycles. The maximum absolute atomic E-state index is 5.42. The van der Waals surface area contributed by atoms with Crippen molar-refractivity contribution in [1.82, 2.24) is 9.78 Å². The molecule has 1 rings (SSSR count). The van der Waals surface area contributed by atoms with Gasteiger partial charge in [0, 0.05) is 26.2 Å². The maximum atomic E-state index is 5.42. The van der Waals surface area contributed by atoms with Crippen LogP contribution in [0, 0.1) is 0 Å². The molecule has 0 radical (unpaired) electrons. The molecule has 0 amide bonds. The van der Waals surface area contributed by atoms with Gasteiger partial charge in [0.25, 0.3) is 0 Å². The molecule has 15 heavy (non-hydrogen) atoms. The molecule has 7 nitrogen and oxygen atoms in total. The molecule has 0 aliphatic heterocycles. The summed E-state index contributed by atoms with van der Waals surface area (Å²) in [7, 11) is 1.86. The molecule has 0 saturated heterocycles. The highest BCUT2D eigenvalue weighted by Crippen LogP contribution is 1.95. The van der Waals surface area contributed by atoms with Crippen LogP contribution in [0.3, 0.4) is 0 Å². The van der Waals surface area contributed by atoms with Crippen LogP contribution in [0.1, 0.15) is 5.69 Å². The fraction of sp³-hybridized carbons (Fsp3) is 0.375. The van der Waals surface area contributed by atoms with Crippen molar-refractivity contribution in [3.63, 3.8) is 0 Å². The lowest BCUT2D eigenvalue weighted by atomic mass is 10.3. The Balaban J connectivity index is 2.42. The van der Waals surface area contributed by atoms with Gasteiger partial charge in [0.05, 0.1) is 5.69 Å². The number of aliphatic imine (C=N–C) groups is 2. The Kier molecular flexibility index (Phi) is 3.67. The summed E-state index contributed by atoms with van der Waals surface area (Å²) in [4.78, 5) is 7.55. The second kappa shape index (κ2) is 4.99. The van der Waals surface area contributed by atoms with Crippen molar-refractivity contribution >= 4 is 11.9 Å². The van der Waals surface area contributed by atoms with E-state index in [1.54, 1.807) is 4.68 Å². The van der Waals surface area contributed by atoms with Gasteiger partial charge >= 0.3 is 0 Å². The van der Waals surface area contributed by atoms with E-state index in [-0.39, 0.29) is 11.9 Å². The van der Waals surface area contributed by atoms with E-state index in [9.17, 15) is 0 Å². The Morgan fingerprint density at radius 3 is 2.73 bits per heavy atom. The molecule has 82 valence electrons. The SMILES string of the molecule is Cn1ccc(CCN=C(N)N=C(N)N)n1. The van der Waals surface area contributed by atoms with Crippen LogP contribution < -0.4 is 17.2 Å². The van der Waals surface area contributed by atoms with E-state index in [0.29, 0.717) is 13.0 Å². The van der Waals surface area contributed by atoms with Gasteiger partial charge in [-0.25, -0.2) is 0 Å². The molecule has 1 heterocycles. The maximum Gasteiger partial charge on any atom is 0.218 e. The van der Waals surface area contributed by atoms with Crippen LogP contribution in [-0.4, -0.2) is 28.2 Å². The van der Waals surface area contributed by atoms with Crippen molar-refractivity contribution in [2.45, 2.75) is 6.42 Å². The standard InChI is InChI=1S/C8H15N7/c1-15-5-3-6(14-15)2-4-12-8(11)13-7(9)10/h3,5H,2,4H2,1H3,(H6,9,10,11,12,13). The highest BCUT2D eigenvalue weighted by molar-refractivity contribution is 5.92. The molecule has 0 aliphatic carbocycles. The molecule has 6 N–H and O–H groups in total. The van der Waals surface area contributed by atoms with Gasteiger partial charge in [-0.3, -0.25) is 9.67 Å². The number of nitrogens with two attached hydrogens (primary N) is 3. The molecule has 7 heteroatoms. The molecule has 0 aromatic carbocycles. The van der Waals surface area contributed by atoms with Gasteiger partial charge in [0.15, 0.2) is 5.96 Å². The summed E-state index contributed by atoms with van der Waals surface area (Å²) in [5.74, 6) is 0.0000160. The van der Waals surface area contributed by atoms with Crippen molar-refractivity contribution < 1.29 is 0 Å². The summed E-state index contributed by atoms with van der Waals surface area (Å²) < 4.78 is 1.73. The molecule has 0 spiro atoms. The van der Waals surface area contributed by atoms with Crippen LogP contribution in [0.25, 0.3) is 0 Å². The normalized spacial score (nSPS) is 11.4. The number of aromatic nitrogens is 2. The van der Waals surface area contributed by atoms with E-state index < -0.39 is 0 Å². The minimum atomic E-state index is -0.0888. The van der Waals surface area contributed by atoms with Crippen LogP contribution >= 0.6 is 0 Å². The Hall–Kier alpha value is -2.05. The number of guanidine groups is 2. The highest BCUT2D eigenvalue weighted by atomic mass is 15.2. The molecule has 0 unspecified atom stereocenters. The zero-order valence-electron chi connectivity index (χ0n) is 8.59. The fourth-order valence-electron chi connectivity index (χ4n) is 1.05. The minimum Gasteiger partial charge on any atom is -0.370 e. The summed E-state index contributed by atoms with van der Waals surface area (Å²) >= 11 is 0. The largest absolute Gasteiger partial charge is 0.370 e. The van der Waals surface area contributed by atoms with Gasteiger partial charge in [-0.15, -0.1) is 0 Å². The molecular weight excluding hydrogens is 194 g/mol. The lowest BCUT2D eigenvalue weighted by Crippen LogP contribution is -2.26. The van der Waals surface area contributed by atoms with Crippen molar-refractivity contribution in [2.75, 3.05) is 6.54 Å². The van der Waals surface area contributed by atoms with E-state index in [1.165, 1.54) is 0 Å². The third kappa shape index (κ3) is 4.12. The smallest absolute Gasteiger partial charge is 0.218 e. The third-order valence-corrected chi connectivity index (χ3v) is 1.65. The first-order valence-electron chi connectivity index (χ1n) is 4.46. The summed E-state index contributed by atoms with van der Waals surface area (Å²) in [6.07, 6.45) is 2.58. The summed E-state index contributed by atoms with van der Waals surface area (Å²) in [5.41, 5.74) is 16.6. The average Bonchev–Trinajstić information content (AvgIpc) is 2.50.